The first-order valence-corrected chi connectivity index (χ1v) is 29.7. The molecule has 12 rings (SSSR count). The van der Waals surface area contributed by atoms with Gasteiger partial charge in [-0.2, -0.15) is 10.2 Å². The standard InChI is InChI=1S/2C18H20N4O.C18H19N3O2.C17H19N5O/c1-18(2,3)15-10-21-16-14(15)8-13(9-20-16)22-17(23)11-4-6-12(19)7-5-11;1-18(2,3)16-14-10-13(8-9-15(14)21-22-16)20-17(23)11-4-6-12(19)7-5-11;1-18(2,3)15-10-23-17-14(15)8-13(9-20-17)21-16(22)11-4-6-12(19)7-5-11;1-17(2,3)14-13-8-12(9-19-15(13)22-21-14)20-16(23)10-4-6-11(18)7-5-10/h4-10H,19H2,1-3H3,(H,20,21)(H,22,23);4-10H,19H2,1-3H3,(H,20,23)(H,21,22);4-10H,19H2,1-3H3,(H,21,22);4-9H,18H2,1-3H3,(H,20,23)(H,19,21,22). The number of hydrogen-bond donors (Lipinski definition) is 11. The van der Waals surface area contributed by atoms with Crippen LogP contribution in [0.1, 0.15) is 147 Å². The van der Waals surface area contributed by atoms with Crippen molar-refractivity contribution in [3.63, 3.8) is 0 Å². The van der Waals surface area contributed by atoms with Crippen molar-refractivity contribution in [2.24, 2.45) is 0 Å². The summed E-state index contributed by atoms with van der Waals surface area (Å²) in [6.07, 6.45) is 8.55. The van der Waals surface area contributed by atoms with Crippen molar-refractivity contribution in [2.45, 2.75) is 105 Å². The number of hydrogen-bond acceptors (Lipinski definition) is 14. The Balaban J connectivity index is 0.000000145. The van der Waals surface area contributed by atoms with Gasteiger partial charge in [0.05, 0.1) is 53.1 Å². The van der Waals surface area contributed by atoms with Gasteiger partial charge in [0.15, 0.2) is 5.65 Å². The van der Waals surface area contributed by atoms with Crippen LogP contribution >= 0.6 is 0 Å². The molecule has 21 nitrogen and oxygen atoms in total. The van der Waals surface area contributed by atoms with Gasteiger partial charge in [0, 0.05) is 101 Å². The number of carbonyl (C=O) groups excluding carboxylic acids is 4. The van der Waals surface area contributed by atoms with E-state index in [0.717, 1.165) is 55.3 Å². The second-order valence-corrected chi connectivity index (χ2v) is 26.4. The highest BCUT2D eigenvalue weighted by molar-refractivity contribution is 6.08. The van der Waals surface area contributed by atoms with E-state index in [1.54, 1.807) is 122 Å². The van der Waals surface area contributed by atoms with E-state index in [9.17, 15) is 19.2 Å². The van der Waals surface area contributed by atoms with E-state index < -0.39 is 0 Å². The highest BCUT2D eigenvalue weighted by Gasteiger charge is 2.24. The molecule has 7 heterocycles. The maximum atomic E-state index is 12.3. The molecule has 15 N–H and O–H groups in total. The zero-order valence-corrected chi connectivity index (χ0v) is 53.7. The van der Waals surface area contributed by atoms with Gasteiger partial charge in [0.2, 0.25) is 5.71 Å². The zero-order valence-electron chi connectivity index (χ0n) is 53.7. The summed E-state index contributed by atoms with van der Waals surface area (Å²) in [5.41, 5.74) is 37.0. The minimum Gasteiger partial charge on any atom is -0.446 e. The fourth-order valence-corrected chi connectivity index (χ4v) is 9.81. The fourth-order valence-electron chi connectivity index (χ4n) is 9.81. The van der Waals surface area contributed by atoms with Crippen LogP contribution < -0.4 is 44.2 Å². The number of furan rings is 1. The van der Waals surface area contributed by atoms with Crippen molar-refractivity contribution in [1.29, 1.82) is 0 Å². The Morgan fingerprint density at radius 3 is 1.23 bits per heavy atom. The van der Waals surface area contributed by atoms with Crippen LogP contribution in [-0.4, -0.2) is 64.0 Å². The lowest BCUT2D eigenvalue weighted by atomic mass is 9.87. The second kappa shape index (κ2) is 26.4. The number of nitrogens with two attached hydrogens (primary N) is 4. The third kappa shape index (κ3) is 15.9. The summed E-state index contributed by atoms with van der Waals surface area (Å²) in [4.78, 5) is 65.3. The minimum atomic E-state index is -0.202. The normalized spacial score (nSPS) is 11.6. The number of aromatic amines is 3. The lowest BCUT2D eigenvalue weighted by Crippen LogP contribution is -2.13. The van der Waals surface area contributed by atoms with E-state index in [1.807, 2.05) is 42.6 Å². The first-order chi connectivity index (χ1) is 43.4. The molecule has 0 fully saturated rings. The van der Waals surface area contributed by atoms with Crippen LogP contribution in [0, 0.1) is 0 Å². The molecule has 92 heavy (non-hydrogen) atoms. The smallest absolute Gasteiger partial charge is 0.255 e. The van der Waals surface area contributed by atoms with Gasteiger partial charge in [-0.1, -0.05) is 83.1 Å². The van der Waals surface area contributed by atoms with Gasteiger partial charge in [-0.05, 0) is 150 Å². The summed E-state index contributed by atoms with van der Waals surface area (Å²) in [5, 5.41) is 30.0. The van der Waals surface area contributed by atoms with Crippen molar-refractivity contribution < 1.29 is 23.6 Å². The number of carbonyl (C=O) groups is 4. The van der Waals surface area contributed by atoms with E-state index in [1.165, 1.54) is 5.56 Å². The average Bonchev–Trinajstić information content (AvgIpc) is 1.68. The van der Waals surface area contributed by atoms with Gasteiger partial charge in [-0.15, -0.1) is 0 Å². The molecule has 0 aliphatic carbocycles. The first-order valence-electron chi connectivity index (χ1n) is 29.7. The molecular formula is C71H78N16O5. The van der Waals surface area contributed by atoms with Crippen LogP contribution in [0.2, 0.25) is 0 Å². The molecule has 0 aliphatic heterocycles. The molecule has 12 aromatic rings. The zero-order chi connectivity index (χ0) is 66.5. The number of H-pyrrole nitrogens is 3. The van der Waals surface area contributed by atoms with Crippen molar-refractivity contribution in [3.8, 4) is 0 Å². The van der Waals surface area contributed by atoms with E-state index in [0.29, 0.717) is 73.4 Å². The lowest BCUT2D eigenvalue weighted by Gasteiger charge is -2.17. The van der Waals surface area contributed by atoms with Gasteiger partial charge in [-0.3, -0.25) is 29.4 Å². The topological polar surface area (TPSA) is 345 Å². The second-order valence-electron chi connectivity index (χ2n) is 26.4. The number of benzene rings is 5. The summed E-state index contributed by atoms with van der Waals surface area (Å²) >= 11 is 0. The molecule has 0 atom stereocenters. The quantitative estimate of drug-likeness (QED) is 0.0630. The predicted molar refractivity (Wildman–Crippen MR) is 370 cm³/mol. The molecule has 5 aromatic carbocycles. The average molecular weight is 1240 g/mol. The SMILES string of the molecule is CC(C)(C)c1[nH]nc2ccc(NC(=O)c3ccc(N)cc3)cc12.CC(C)(C)c1[nH]nc2ncc(NC(=O)c3ccc(N)cc3)cc12.CC(C)(C)c1c[nH]c2ncc(NC(=O)c3ccc(N)cc3)cc12.CC(C)(C)c1coc2ncc(NC(=O)c3ccc(N)cc3)cc12. The van der Waals surface area contributed by atoms with Crippen molar-refractivity contribution >= 4 is 113 Å². The summed E-state index contributed by atoms with van der Waals surface area (Å²) in [7, 11) is 0. The predicted octanol–water partition coefficient (Wildman–Crippen LogP) is 14.4. The lowest BCUT2D eigenvalue weighted by molar-refractivity contribution is 0.101. The Bertz CT molecular complexity index is 4020. The van der Waals surface area contributed by atoms with E-state index in [-0.39, 0.29) is 45.3 Å². The molecule has 0 spiro atoms. The van der Waals surface area contributed by atoms with Crippen LogP contribution in [0.15, 0.2) is 169 Å². The van der Waals surface area contributed by atoms with Crippen molar-refractivity contribution in [1.82, 2.24) is 40.3 Å². The number of anilines is 8. The molecule has 0 bridgehead atoms. The Hall–Kier alpha value is -11.4. The summed E-state index contributed by atoms with van der Waals surface area (Å²) < 4.78 is 5.50. The first kappa shape index (κ1) is 65.1. The third-order valence-corrected chi connectivity index (χ3v) is 14.8. The highest BCUT2D eigenvalue weighted by Crippen LogP contribution is 2.35. The molecule has 0 radical (unpaired) electrons. The fraction of sp³-hybridized carbons (Fsp3) is 0.225. The molecule has 472 valence electrons. The van der Waals surface area contributed by atoms with Gasteiger partial charge >= 0.3 is 0 Å². The van der Waals surface area contributed by atoms with Gasteiger partial charge in [0.25, 0.3) is 23.6 Å². The Morgan fingerprint density at radius 1 is 0.402 bits per heavy atom. The summed E-state index contributed by atoms with van der Waals surface area (Å²) in [6.45, 7) is 25.4. The number of rotatable bonds is 8. The molecule has 7 aromatic heterocycles. The van der Waals surface area contributed by atoms with Crippen molar-refractivity contribution in [3.05, 3.63) is 209 Å². The maximum absolute atomic E-state index is 12.3. The van der Waals surface area contributed by atoms with Crippen LogP contribution in [0.4, 0.5) is 45.5 Å². The molecular weight excluding hydrogens is 1160 g/mol. The van der Waals surface area contributed by atoms with Gasteiger partial charge in [-0.25, -0.2) is 15.0 Å². The Morgan fingerprint density at radius 2 is 0.783 bits per heavy atom. The molecule has 0 saturated heterocycles. The minimum absolute atomic E-state index is 0.000477. The number of nitrogens with one attached hydrogen (secondary N) is 7. The van der Waals surface area contributed by atoms with Gasteiger partial charge in [0.1, 0.15) is 5.65 Å². The van der Waals surface area contributed by atoms with Crippen LogP contribution in [-0.2, 0) is 21.7 Å². The number of amides is 4. The third-order valence-electron chi connectivity index (χ3n) is 14.8. The number of nitrogen functional groups attached to an aromatic ring is 4. The van der Waals surface area contributed by atoms with Crippen LogP contribution in [0.5, 0.6) is 0 Å². The van der Waals surface area contributed by atoms with E-state index >= 15 is 0 Å². The molecule has 4 amide bonds. The molecule has 0 unspecified atom stereocenters. The molecule has 0 saturated carbocycles. The highest BCUT2D eigenvalue weighted by atomic mass is 16.3. The van der Waals surface area contributed by atoms with E-state index in [2.05, 4.69) is 145 Å². The van der Waals surface area contributed by atoms with Gasteiger partial charge < -0.3 is 53.6 Å². The van der Waals surface area contributed by atoms with Crippen LogP contribution in [0.25, 0.3) is 44.1 Å². The summed E-state index contributed by atoms with van der Waals surface area (Å²) in [5.74, 6) is -0.747. The largest absolute Gasteiger partial charge is 0.446 e. The Labute approximate surface area is 533 Å². The number of nitrogens with zero attached hydrogens (tertiary/aromatic N) is 5. The molecule has 21 heteroatoms. The number of aromatic nitrogens is 8. The summed E-state index contributed by atoms with van der Waals surface area (Å²) in [6, 6.07) is 38.7. The maximum Gasteiger partial charge on any atom is 0.255 e. The van der Waals surface area contributed by atoms with Crippen molar-refractivity contribution in [2.75, 3.05) is 44.2 Å². The number of fused-ring (bicyclic) bond motifs is 4. The monoisotopic (exact) mass is 1230 g/mol. The number of pyridine rings is 3. The molecule has 0 aliphatic rings. The van der Waals surface area contributed by atoms with E-state index in [4.69, 9.17) is 27.4 Å². The van der Waals surface area contributed by atoms with Crippen LogP contribution in [0.3, 0.4) is 0 Å². The Kier molecular flexibility index (Phi) is 18.7.